The Labute approximate surface area is 113 Å². The quantitative estimate of drug-likeness (QED) is 0.686. The molecule has 2 N–H and O–H groups in total. The average molecular weight is 280 g/mol. The number of benzene rings is 1. The summed E-state index contributed by atoms with van der Waals surface area (Å²) in [6.45, 7) is 0.416. The van der Waals surface area contributed by atoms with Gasteiger partial charge in [0.25, 0.3) is 5.88 Å². The van der Waals surface area contributed by atoms with Gasteiger partial charge in [-0.1, -0.05) is 23.7 Å². The fourth-order valence-corrected chi connectivity index (χ4v) is 1.58. The van der Waals surface area contributed by atoms with Gasteiger partial charge < -0.3 is 10.5 Å². The van der Waals surface area contributed by atoms with Crippen LogP contribution < -0.4 is 10.5 Å². The summed E-state index contributed by atoms with van der Waals surface area (Å²) in [6.07, 6.45) is 1.29. The van der Waals surface area contributed by atoms with Crippen LogP contribution in [-0.2, 0) is 6.54 Å². The number of rotatable bonds is 4. The van der Waals surface area contributed by atoms with Gasteiger partial charge in [0, 0.05) is 12.6 Å². The van der Waals surface area contributed by atoms with E-state index in [0.29, 0.717) is 12.3 Å². The summed E-state index contributed by atoms with van der Waals surface area (Å²) < 4.78 is 5.37. The number of hydrogen-bond donors (Lipinski definition) is 1. The van der Waals surface area contributed by atoms with Gasteiger partial charge in [-0.2, -0.15) is 0 Å². The molecule has 2 rings (SSSR count). The molecule has 1 aromatic heterocycles. The van der Waals surface area contributed by atoms with Gasteiger partial charge in [-0.3, -0.25) is 10.1 Å². The van der Waals surface area contributed by atoms with Crippen LogP contribution in [0.1, 0.15) is 5.56 Å². The van der Waals surface area contributed by atoms with Crippen LogP contribution in [0.25, 0.3) is 0 Å². The number of aromatic nitrogens is 1. The first-order valence-corrected chi connectivity index (χ1v) is 5.74. The van der Waals surface area contributed by atoms with Crippen molar-refractivity contribution in [3.05, 3.63) is 57.2 Å². The lowest BCUT2D eigenvalue weighted by Gasteiger charge is -2.06. The third-order valence-electron chi connectivity index (χ3n) is 2.37. The fourth-order valence-electron chi connectivity index (χ4n) is 1.43. The number of hydrogen-bond acceptors (Lipinski definition) is 5. The van der Waals surface area contributed by atoms with Gasteiger partial charge in [0.05, 0.1) is 16.1 Å². The largest absolute Gasteiger partial charge is 0.434 e. The summed E-state index contributed by atoms with van der Waals surface area (Å²) in [5, 5.41) is 11.1. The molecule has 0 bridgehead atoms. The zero-order chi connectivity index (χ0) is 13.8. The van der Waals surface area contributed by atoms with E-state index in [1.165, 1.54) is 12.3 Å². The molecule has 0 unspecified atom stereocenters. The normalized spacial score (nSPS) is 10.2. The lowest BCUT2D eigenvalue weighted by atomic mass is 10.2. The molecule has 0 saturated heterocycles. The molecule has 0 atom stereocenters. The van der Waals surface area contributed by atoms with Crippen molar-refractivity contribution >= 4 is 17.3 Å². The van der Waals surface area contributed by atoms with Crippen molar-refractivity contribution in [3.63, 3.8) is 0 Å². The number of ether oxygens (including phenoxy) is 1. The third kappa shape index (κ3) is 3.18. The van der Waals surface area contributed by atoms with E-state index in [1.807, 2.05) is 0 Å². The maximum atomic E-state index is 10.9. The Bertz CT molecular complexity index is 602. The standard InChI is InChI=1S/C12H10ClN3O3/c13-9-5-11(16(17)18)12(15-7-9)19-10-3-1-8(6-14)2-4-10/h1-5,7H,6,14H2. The molecule has 0 aliphatic rings. The van der Waals surface area contributed by atoms with Crippen molar-refractivity contribution < 1.29 is 9.66 Å². The number of nitrogens with zero attached hydrogens (tertiary/aromatic N) is 2. The summed E-state index contributed by atoms with van der Waals surface area (Å²) in [5.74, 6) is 0.338. The highest BCUT2D eigenvalue weighted by Gasteiger charge is 2.18. The number of nitrogens with two attached hydrogens (primary N) is 1. The zero-order valence-electron chi connectivity index (χ0n) is 9.75. The van der Waals surface area contributed by atoms with Crippen LogP contribution in [0.4, 0.5) is 5.69 Å². The lowest BCUT2D eigenvalue weighted by molar-refractivity contribution is -0.386. The molecule has 2 aromatic rings. The van der Waals surface area contributed by atoms with Gasteiger partial charge in [0.1, 0.15) is 5.75 Å². The van der Waals surface area contributed by atoms with Gasteiger partial charge in [0.2, 0.25) is 0 Å². The van der Waals surface area contributed by atoms with Crippen LogP contribution in [0.15, 0.2) is 36.5 Å². The van der Waals surface area contributed by atoms with Gasteiger partial charge in [-0.05, 0) is 17.7 Å². The topological polar surface area (TPSA) is 91.3 Å². The van der Waals surface area contributed by atoms with Crippen molar-refractivity contribution in [2.24, 2.45) is 5.73 Å². The van der Waals surface area contributed by atoms with Gasteiger partial charge in [-0.25, -0.2) is 4.98 Å². The summed E-state index contributed by atoms with van der Waals surface area (Å²) >= 11 is 5.67. The molecule has 0 saturated carbocycles. The Kier molecular flexibility index (Phi) is 3.94. The Morgan fingerprint density at radius 2 is 2.05 bits per heavy atom. The van der Waals surface area contributed by atoms with E-state index in [-0.39, 0.29) is 16.6 Å². The molecule has 7 heteroatoms. The molecule has 19 heavy (non-hydrogen) atoms. The minimum atomic E-state index is -0.595. The van der Waals surface area contributed by atoms with Crippen LogP contribution in [0, 0.1) is 10.1 Å². The van der Waals surface area contributed by atoms with E-state index in [9.17, 15) is 10.1 Å². The average Bonchev–Trinajstić information content (AvgIpc) is 2.41. The van der Waals surface area contributed by atoms with Crippen molar-refractivity contribution in [2.45, 2.75) is 6.54 Å². The molecule has 0 amide bonds. The monoisotopic (exact) mass is 279 g/mol. The molecule has 0 fully saturated rings. The second-order valence-corrected chi connectivity index (χ2v) is 4.12. The molecule has 0 aliphatic carbocycles. The highest BCUT2D eigenvalue weighted by atomic mass is 35.5. The Morgan fingerprint density at radius 3 is 2.63 bits per heavy atom. The van der Waals surface area contributed by atoms with E-state index < -0.39 is 4.92 Å². The van der Waals surface area contributed by atoms with Crippen LogP contribution in [-0.4, -0.2) is 9.91 Å². The van der Waals surface area contributed by atoms with E-state index in [4.69, 9.17) is 22.1 Å². The lowest BCUT2D eigenvalue weighted by Crippen LogP contribution is -1.97. The highest BCUT2D eigenvalue weighted by molar-refractivity contribution is 6.30. The highest BCUT2D eigenvalue weighted by Crippen LogP contribution is 2.30. The zero-order valence-corrected chi connectivity index (χ0v) is 10.5. The second-order valence-electron chi connectivity index (χ2n) is 3.69. The SMILES string of the molecule is NCc1ccc(Oc2ncc(Cl)cc2[N+](=O)[O-])cc1. The second kappa shape index (κ2) is 5.64. The Hall–Kier alpha value is -2.18. The third-order valence-corrected chi connectivity index (χ3v) is 2.58. The molecule has 1 heterocycles. The maximum absolute atomic E-state index is 10.9. The van der Waals surface area contributed by atoms with Crippen LogP contribution in [0.5, 0.6) is 11.6 Å². The van der Waals surface area contributed by atoms with Gasteiger partial charge in [0.15, 0.2) is 0 Å². The molecular formula is C12H10ClN3O3. The molecule has 0 radical (unpaired) electrons. The molecule has 98 valence electrons. The first-order valence-electron chi connectivity index (χ1n) is 5.37. The molecular weight excluding hydrogens is 270 g/mol. The Balaban J connectivity index is 2.29. The van der Waals surface area contributed by atoms with Crippen molar-refractivity contribution in [3.8, 4) is 11.6 Å². The molecule has 0 aliphatic heterocycles. The van der Waals surface area contributed by atoms with E-state index in [0.717, 1.165) is 5.56 Å². The van der Waals surface area contributed by atoms with Crippen molar-refractivity contribution in [2.75, 3.05) is 0 Å². The summed E-state index contributed by atoms with van der Waals surface area (Å²) in [6, 6.07) is 8.08. The number of halogens is 1. The summed E-state index contributed by atoms with van der Waals surface area (Å²) in [4.78, 5) is 14.1. The summed E-state index contributed by atoms with van der Waals surface area (Å²) in [7, 11) is 0. The predicted octanol–water partition coefficient (Wildman–Crippen LogP) is 2.89. The van der Waals surface area contributed by atoms with E-state index in [2.05, 4.69) is 4.98 Å². The first kappa shape index (κ1) is 13.3. The van der Waals surface area contributed by atoms with E-state index in [1.54, 1.807) is 24.3 Å². The maximum Gasteiger partial charge on any atom is 0.332 e. The number of pyridine rings is 1. The predicted molar refractivity (Wildman–Crippen MR) is 70.3 cm³/mol. The minimum absolute atomic E-state index is 0.102. The van der Waals surface area contributed by atoms with Crippen molar-refractivity contribution in [1.29, 1.82) is 0 Å². The molecule has 0 spiro atoms. The smallest absolute Gasteiger partial charge is 0.332 e. The van der Waals surface area contributed by atoms with Gasteiger partial charge in [-0.15, -0.1) is 0 Å². The Morgan fingerprint density at radius 1 is 1.37 bits per heavy atom. The number of nitro groups is 1. The van der Waals surface area contributed by atoms with Gasteiger partial charge >= 0.3 is 5.69 Å². The van der Waals surface area contributed by atoms with E-state index >= 15 is 0 Å². The first-order chi connectivity index (χ1) is 9.10. The van der Waals surface area contributed by atoms with Crippen LogP contribution in [0.2, 0.25) is 5.02 Å². The minimum Gasteiger partial charge on any atom is -0.434 e. The molecule has 1 aromatic carbocycles. The fraction of sp³-hybridized carbons (Fsp3) is 0.0833. The summed E-state index contributed by atoms with van der Waals surface area (Å²) in [5.41, 5.74) is 6.13. The molecule has 6 nitrogen and oxygen atoms in total. The van der Waals surface area contributed by atoms with Crippen molar-refractivity contribution in [1.82, 2.24) is 4.98 Å². The van der Waals surface area contributed by atoms with Crippen LogP contribution >= 0.6 is 11.6 Å². The van der Waals surface area contributed by atoms with Crippen LogP contribution in [0.3, 0.4) is 0 Å².